The molecule has 126 valence electrons. The molecule has 0 aromatic heterocycles. The second kappa shape index (κ2) is 6.10. The molecule has 3 rings (SSSR count). The maximum Gasteiger partial charge on any atom is 0.266 e. The summed E-state index contributed by atoms with van der Waals surface area (Å²) in [5.74, 6) is -0.446. The molecule has 0 saturated carbocycles. The second-order valence-corrected chi connectivity index (χ2v) is 6.72. The van der Waals surface area contributed by atoms with Crippen molar-refractivity contribution in [3.05, 3.63) is 53.3 Å². The molecule has 0 spiro atoms. The summed E-state index contributed by atoms with van der Waals surface area (Å²) in [6.07, 6.45) is 0. The van der Waals surface area contributed by atoms with Crippen molar-refractivity contribution in [1.82, 2.24) is 10.3 Å². The largest absolute Gasteiger partial charge is 0.454 e. The molecule has 9 heteroatoms. The highest BCUT2D eigenvalue weighted by Crippen LogP contribution is 2.32. The Balaban J connectivity index is 1.72. The molecule has 1 amide bonds. The Morgan fingerprint density at radius 2 is 1.88 bits per heavy atom. The number of hydrogen-bond acceptors (Lipinski definition) is 5. The number of carbonyl (C=O) groups is 1. The first-order chi connectivity index (χ1) is 11.4. The van der Waals surface area contributed by atoms with E-state index in [0.29, 0.717) is 17.1 Å². The number of sulfonamides is 1. The average molecular weight is 352 g/mol. The van der Waals surface area contributed by atoms with Crippen LogP contribution < -0.4 is 19.7 Å². The fraction of sp³-hybridized carbons (Fsp3) is 0.133. The fourth-order valence-electron chi connectivity index (χ4n) is 2.02. The van der Waals surface area contributed by atoms with Gasteiger partial charge in [0.05, 0.1) is 4.90 Å². The molecule has 2 aromatic rings. The quantitative estimate of drug-likeness (QED) is 0.813. The van der Waals surface area contributed by atoms with E-state index in [4.69, 9.17) is 9.47 Å². The fourth-order valence-corrected chi connectivity index (χ4v) is 2.87. The van der Waals surface area contributed by atoms with E-state index in [1.807, 2.05) is 4.83 Å². The van der Waals surface area contributed by atoms with Crippen molar-refractivity contribution in [1.29, 1.82) is 0 Å². The maximum absolute atomic E-state index is 13.5. The number of amides is 1. The minimum atomic E-state index is -4.09. The molecule has 24 heavy (non-hydrogen) atoms. The molecule has 2 aromatic carbocycles. The van der Waals surface area contributed by atoms with E-state index >= 15 is 0 Å². The van der Waals surface area contributed by atoms with Gasteiger partial charge in [-0.3, -0.25) is 10.2 Å². The first kappa shape index (κ1) is 16.2. The first-order valence-corrected chi connectivity index (χ1v) is 8.33. The maximum atomic E-state index is 13.5. The van der Waals surface area contributed by atoms with Gasteiger partial charge in [-0.1, -0.05) is 6.07 Å². The van der Waals surface area contributed by atoms with Gasteiger partial charge in [0, 0.05) is 5.56 Å². The first-order valence-electron chi connectivity index (χ1n) is 6.85. The lowest BCUT2D eigenvalue weighted by Crippen LogP contribution is -2.41. The van der Waals surface area contributed by atoms with Crippen LogP contribution in [0, 0.1) is 12.7 Å². The van der Waals surface area contributed by atoms with Gasteiger partial charge >= 0.3 is 0 Å². The number of nitrogens with one attached hydrogen (secondary N) is 2. The van der Waals surface area contributed by atoms with E-state index < -0.39 is 21.7 Å². The number of rotatable bonds is 4. The third-order valence-electron chi connectivity index (χ3n) is 3.39. The number of benzene rings is 2. The molecule has 1 aliphatic rings. The van der Waals surface area contributed by atoms with Gasteiger partial charge < -0.3 is 9.47 Å². The van der Waals surface area contributed by atoms with Crippen LogP contribution >= 0.6 is 0 Å². The van der Waals surface area contributed by atoms with Crippen molar-refractivity contribution < 1.29 is 27.1 Å². The van der Waals surface area contributed by atoms with Gasteiger partial charge in [-0.15, -0.1) is 4.83 Å². The Kier molecular flexibility index (Phi) is 4.12. The third kappa shape index (κ3) is 3.17. The molecule has 1 aliphatic heterocycles. The summed E-state index contributed by atoms with van der Waals surface area (Å²) in [6, 6.07) is 7.89. The Morgan fingerprint density at radius 3 is 2.62 bits per heavy atom. The third-order valence-corrected chi connectivity index (χ3v) is 4.63. The van der Waals surface area contributed by atoms with E-state index in [1.165, 1.54) is 31.2 Å². The van der Waals surface area contributed by atoms with Gasteiger partial charge in [-0.2, -0.15) is 0 Å². The summed E-state index contributed by atoms with van der Waals surface area (Å²) in [6.45, 7) is 1.58. The van der Waals surface area contributed by atoms with Gasteiger partial charge in [0.15, 0.2) is 11.5 Å². The van der Waals surface area contributed by atoms with Crippen molar-refractivity contribution in [2.45, 2.75) is 11.8 Å². The lowest BCUT2D eigenvalue weighted by molar-refractivity contribution is 0.0944. The molecule has 0 fully saturated rings. The molecular weight excluding hydrogens is 339 g/mol. The highest BCUT2D eigenvalue weighted by molar-refractivity contribution is 7.89. The van der Waals surface area contributed by atoms with Crippen LogP contribution in [0.25, 0.3) is 0 Å². The summed E-state index contributed by atoms with van der Waals surface area (Å²) >= 11 is 0. The zero-order valence-corrected chi connectivity index (χ0v) is 13.3. The minimum absolute atomic E-state index is 0.0615. The van der Waals surface area contributed by atoms with Crippen LogP contribution in [0.1, 0.15) is 15.9 Å². The number of carbonyl (C=O) groups excluding carboxylic acids is 1. The van der Waals surface area contributed by atoms with Crippen molar-refractivity contribution >= 4 is 15.9 Å². The van der Waals surface area contributed by atoms with Crippen molar-refractivity contribution in [3.63, 3.8) is 0 Å². The van der Waals surface area contributed by atoms with Crippen molar-refractivity contribution in [2.75, 3.05) is 6.79 Å². The SMILES string of the molecule is Cc1ccc(S(=O)(=O)NNC(=O)c2ccc3c(c2)OCO3)cc1F. The number of aryl methyl sites for hydroxylation is 1. The molecule has 0 saturated heterocycles. The van der Waals surface area contributed by atoms with Crippen LogP contribution in [-0.2, 0) is 10.0 Å². The summed E-state index contributed by atoms with van der Waals surface area (Å²) in [5, 5.41) is 0. The van der Waals surface area contributed by atoms with Gasteiger partial charge in [-0.25, -0.2) is 12.8 Å². The van der Waals surface area contributed by atoms with Crippen LogP contribution in [0.4, 0.5) is 4.39 Å². The van der Waals surface area contributed by atoms with Crippen LogP contribution in [0.5, 0.6) is 11.5 Å². The average Bonchev–Trinajstić information content (AvgIpc) is 3.02. The zero-order chi connectivity index (χ0) is 17.3. The predicted molar refractivity (Wildman–Crippen MR) is 81.5 cm³/mol. The summed E-state index contributed by atoms with van der Waals surface area (Å²) < 4.78 is 47.9. The van der Waals surface area contributed by atoms with Crippen molar-refractivity contribution in [2.24, 2.45) is 0 Å². The highest BCUT2D eigenvalue weighted by Gasteiger charge is 2.19. The number of halogens is 1. The van der Waals surface area contributed by atoms with Crippen molar-refractivity contribution in [3.8, 4) is 11.5 Å². The molecule has 2 N–H and O–H groups in total. The normalized spacial score (nSPS) is 12.9. The second-order valence-electron chi connectivity index (χ2n) is 5.04. The van der Waals surface area contributed by atoms with E-state index in [0.717, 1.165) is 6.07 Å². The lowest BCUT2D eigenvalue weighted by atomic mass is 10.2. The Bertz CT molecular complexity index is 914. The lowest BCUT2D eigenvalue weighted by Gasteiger charge is -2.09. The number of hydrazine groups is 1. The summed E-state index contributed by atoms with van der Waals surface area (Å²) in [4.78, 5) is 13.7. The van der Waals surface area contributed by atoms with E-state index in [-0.39, 0.29) is 17.3 Å². The Morgan fingerprint density at radius 1 is 1.12 bits per heavy atom. The Hall–Kier alpha value is -2.65. The Labute approximate surface area is 137 Å². The predicted octanol–water partition coefficient (Wildman–Crippen LogP) is 1.49. The standard InChI is InChI=1S/C15H13FN2O5S/c1-9-2-4-11(7-12(9)16)24(20,21)18-17-15(19)10-3-5-13-14(6-10)23-8-22-13/h2-7,18H,8H2,1H3,(H,17,19). The zero-order valence-electron chi connectivity index (χ0n) is 12.5. The van der Waals surface area contributed by atoms with Crippen LogP contribution in [-0.4, -0.2) is 21.1 Å². The topological polar surface area (TPSA) is 93.7 Å². The molecule has 0 atom stereocenters. The monoisotopic (exact) mass is 352 g/mol. The number of hydrogen-bond donors (Lipinski definition) is 2. The number of ether oxygens (including phenoxy) is 2. The van der Waals surface area contributed by atoms with Crippen LogP contribution in [0.15, 0.2) is 41.3 Å². The van der Waals surface area contributed by atoms with Gasteiger partial charge in [-0.05, 0) is 42.8 Å². The molecule has 0 bridgehead atoms. The summed E-state index contributed by atoms with van der Waals surface area (Å²) in [7, 11) is -4.09. The minimum Gasteiger partial charge on any atom is -0.454 e. The number of fused-ring (bicyclic) bond motifs is 1. The van der Waals surface area contributed by atoms with Gasteiger partial charge in [0.2, 0.25) is 6.79 Å². The molecule has 0 radical (unpaired) electrons. The molecule has 0 aliphatic carbocycles. The van der Waals surface area contributed by atoms with Crippen LogP contribution in [0.3, 0.4) is 0 Å². The molecule has 1 heterocycles. The van der Waals surface area contributed by atoms with Gasteiger partial charge in [0.25, 0.3) is 15.9 Å². The summed E-state index contributed by atoms with van der Waals surface area (Å²) in [5.41, 5.74) is 2.56. The highest BCUT2D eigenvalue weighted by atomic mass is 32.2. The molecule has 0 unspecified atom stereocenters. The molecular formula is C15H13FN2O5S. The smallest absolute Gasteiger partial charge is 0.266 e. The van der Waals surface area contributed by atoms with Gasteiger partial charge in [0.1, 0.15) is 5.82 Å². The van der Waals surface area contributed by atoms with E-state index in [2.05, 4.69) is 5.43 Å². The molecule has 7 nitrogen and oxygen atoms in total. The van der Waals surface area contributed by atoms with E-state index in [9.17, 15) is 17.6 Å². The van der Waals surface area contributed by atoms with Crippen LogP contribution in [0.2, 0.25) is 0 Å². The van der Waals surface area contributed by atoms with E-state index in [1.54, 1.807) is 6.07 Å².